The first-order chi connectivity index (χ1) is 4.20. The number of rotatable bonds is 1. The van der Waals surface area contributed by atoms with Gasteiger partial charge in [-0.2, -0.15) is 0 Å². The lowest BCUT2D eigenvalue weighted by molar-refractivity contribution is 0.0230. The SMILES string of the molecule is CC(C)C1CCC(N)O1. The lowest BCUT2D eigenvalue weighted by Gasteiger charge is -2.13. The predicted octanol–water partition coefficient (Wildman–Crippen LogP) is 1.11. The lowest BCUT2D eigenvalue weighted by Crippen LogP contribution is -2.22. The third-order valence-corrected chi connectivity index (χ3v) is 1.83. The van der Waals surface area contributed by atoms with Crippen LogP contribution in [0.5, 0.6) is 0 Å². The van der Waals surface area contributed by atoms with E-state index in [1.54, 1.807) is 0 Å². The summed E-state index contributed by atoms with van der Waals surface area (Å²) in [6.45, 7) is 4.34. The molecule has 0 aromatic rings. The summed E-state index contributed by atoms with van der Waals surface area (Å²) in [7, 11) is 0. The van der Waals surface area contributed by atoms with E-state index < -0.39 is 0 Å². The summed E-state index contributed by atoms with van der Waals surface area (Å²) in [5.41, 5.74) is 5.54. The average Bonchev–Trinajstić information content (AvgIpc) is 2.14. The van der Waals surface area contributed by atoms with Gasteiger partial charge in [0.25, 0.3) is 0 Å². The number of nitrogens with two attached hydrogens (primary N) is 1. The van der Waals surface area contributed by atoms with Crippen molar-refractivity contribution in [2.75, 3.05) is 0 Å². The highest BCUT2D eigenvalue weighted by molar-refractivity contribution is 4.71. The molecule has 2 heteroatoms. The van der Waals surface area contributed by atoms with Crippen LogP contribution in [-0.4, -0.2) is 12.3 Å². The van der Waals surface area contributed by atoms with Crippen molar-refractivity contribution in [2.45, 2.75) is 39.0 Å². The van der Waals surface area contributed by atoms with Crippen LogP contribution in [0.1, 0.15) is 26.7 Å². The fourth-order valence-electron chi connectivity index (χ4n) is 1.18. The minimum absolute atomic E-state index is 0.0115. The lowest BCUT2D eigenvalue weighted by atomic mass is 10.1. The standard InChI is InChI=1S/C7H15NO/c1-5(2)6-3-4-7(8)9-6/h5-7H,3-4,8H2,1-2H3. The molecular weight excluding hydrogens is 114 g/mol. The van der Waals surface area contributed by atoms with Crippen LogP contribution in [0, 0.1) is 5.92 Å². The number of hydrogen-bond donors (Lipinski definition) is 1. The average molecular weight is 129 g/mol. The zero-order valence-corrected chi connectivity index (χ0v) is 6.13. The zero-order valence-electron chi connectivity index (χ0n) is 6.13. The van der Waals surface area contributed by atoms with Crippen molar-refractivity contribution in [3.63, 3.8) is 0 Å². The summed E-state index contributed by atoms with van der Waals surface area (Å²) < 4.78 is 5.40. The monoisotopic (exact) mass is 129 g/mol. The zero-order chi connectivity index (χ0) is 6.85. The second-order valence-electron chi connectivity index (χ2n) is 3.03. The van der Waals surface area contributed by atoms with Crippen molar-refractivity contribution in [3.05, 3.63) is 0 Å². The van der Waals surface area contributed by atoms with E-state index in [0.29, 0.717) is 12.0 Å². The van der Waals surface area contributed by atoms with Gasteiger partial charge >= 0.3 is 0 Å². The molecule has 1 aliphatic heterocycles. The van der Waals surface area contributed by atoms with E-state index in [9.17, 15) is 0 Å². The molecule has 1 fully saturated rings. The predicted molar refractivity (Wildman–Crippen MR) is 36.9 cm³/mol. The van der Waals surface area contributed by atoms with Gasteiger partial charge in [-0.1, -0.05) is 13.8 Å². The first kappa shape index (κ1) is 7.03. The molecule has 0 amide bonds. The Morgan fingerprint density at radius 3 is 2.33 bits per heavy atom. The van der Waals surface area contributed by atoms with E-state index in [-0.39, 0.29) is 6.23 Å². The minimum Gasteiger partial charge on any atom is -0.360 e. The quantitative estimate of drug-likeness (QED) is 0.575. The van der Waals surface area contributed by atoms with E-state index in [0.717, 1.165) is 12.8 Å². The van der Waals surface area contributed by atoms with E-state index in [4.69, 9.17) is 10.5 Å². The third kappa shape index (κ3) is 1.66. The molecule has 2 nitrogen and oxygen atoms in total. The molecule has 9 heavy (non-hydrogen) atoms. The Morgan fingerprint density at radius 2 is 2.11 bits per heavy atom. The molecule has 0 bridgehead atoms. The molecule has 1 heterocycles. The second kappa shape index (κ2) is 2.67. The minimum atomic E-state index is 0.0115. The maximum Gasteiger partial charge on any atom is 0.106 e. The molecule has 2 atom stereocenters. The molecule has 2 unspecified atom stereocenters. The Hall–Kier alpha value is -0.0800. The van der Waals surface area contributed by atoms with Gasteiger partial charge < -0.3 is 10.5 Å². The largest absolute Gasteiger partial charge is 0.360 e. The fraction of sp³-hybridized carbons (Fsp3) is 1.00. The summed E-state index contributed by atoms with van der Waals surface area (Å²) in [5.74, 6) is 0.624. The Labute approximate surface area is 56.4 Å². The summed E-state index contributed by atoms with van der Waals surface area (Å²) >= 11 is 0. The van der Waals surface area contributed by atoms with Gasteiger partial charge in [0.2, 0.25) is 0 Å². The molecule has 1 saturated heterocycles. The summed E-state index contributed by atoms with van der Waals surface area (Å²) in [6, 6.07) is 0. The molecule has 0 aromatic carbocycles. The van der Waals surface area contributed by atoms with Gasteiger partial charge in [-0.25, -0.2) is 0 Å². The van der Waals surface area contributed by atoms with Crippen molar-refractivity contribution < 1.29 is 4.74 Å². The van der Waals surface area contributed by atoms with Crippen LogP contribution in [0.25, 0.3) is 0 Å². The second-order valence-corrected chi connectivity index (χ2v) is 3.03. The number of hydrogen-bond acceptors (Lipinski definition) is 2. The van der Waals surface area contributed by atoms with Gasteiger partial charge in [-0.15, -0.1) is 0 Å². The van der Waals surface area contributed by atoms with Crippen LogP contribution >= 0.6 is 0 Å². The summed E-state index contributed by atoms with van der Waals surface area (Å²) in [6.07, 6.45) is 2.60. The van der Waals surface area contributed by atoms with Crippen molar-refractivity contribution in [1.29, 1.82) is 0 Å². The van der Waals surface area contributed by atoms with Crippen molar-refractivity contribution in [3.8, 4) is 0 Å². The first-order valence-electron chi connectivity index (χ1n) is 3.61. The third-order valence-electron chi connectivity index (χ3n) is 1.83. The Kier molecular flexibility index (Phi) is 2.09. The van der Waals surface area contributed by atoms with E-state index >= 15 is 0 Å². The maximum absolute atomic E-state index is 5.54. The highest BCUT2D eigenvalue weighted by atomic mass is 16.5. The highest BCUT2D eigenvalue weighted by Gasteiger charge is 2.24. The maximum atomic E-state index is 5.54. The fourth-order valence-corrected chi connectivity index (χ4v) is 1.18. The molecule has 0 radical (unpaired) electrons. The van der Waals surface area contributed by atoms with Gasteiger partial charge in [0.15, 0.2) is 0 Å². The van der Waals surface area contributed by atoms with Gasteiger partial charge in [0.05, 0.1) is 6.10 Å². The molecule has 0 aromatic heterocycles. The number of ether oxygens (including phenoxy) is 1. The molecule has 54 valence electrons. The van der Waals surface area contributed by atoms with Crippen molar-refractivity contribution >= 4 is 0 Å². The van der Waals surface area contributed by atoms with Crippen LogP contribution in [0.4, 0.5) is 0 Å². The van der Waals surface area contributed by atoms with E-state index in [2.05, 4.69) is 13.8 Å². The first-order valence-corrected chi connectivity index (χ1v) is 3.61. The molecule has 1 aliphatic rings. The van der Waals surface area contributed by atoms with Gasteiger partial charge in [0.1, 0.15) is 6.23 Å². The highest BCUT2D eigenvalue weighted by Crippen LogP contribution is 2.21. The van der Waals surface area contributed by atoms with Crippen LogP contribution in [-0.2, 0) is 4.74 Å². The van der Waals surface area contributed by atoms with Crippen LogP contribution in [0.3, 0.4) is 0 Å². The Bertz CT molecular complexity index is 92.9. The van der Waals surface area contributed by atoms with E-state index in [1.165, 1.54) is 0 Å². The smallest absolute Gasteiger partial charge is 0.106 e. The van der Waals surface area contributed by atoms with Gasteiger partial charge in [-0.05, 0) is 18.8 Å². The molecule has 2 N–H and O–H groups in total. The molecular formula is C7H15NO. The van der Waals surface area contributed by atoms with Gasteiger partial charge in [-0.3, -0.25) is 0 Å². The normalized spacial score (nSPS) is 36.0. The summed E-state index contributed by atoms with van der Waals surface area (Å²) in [4.78, 5) is 0. The van der Waals surface area contributed by atoms with Gasteiger partial charge in [0, 0.05) is 0 Å². The summed E-state index contributed by atoms with van der Waals surface area (Å²) in [5, 5.41) is 0. The topological polar surface area (TPSA) is 35.2 Å². The van der Waals surface area contributed by atoms with Crippen molar-refractivity contribution in [1.82, 2.24) is 0 Å². The molecule has 0 aliphatic carbocycles. The van der Waals surface area contributed by atoms with Crippen LogP contribution < -0.4 is 5.73 Å². The van der Waals surface area contributed by atoms with Crippen LogP contribution in [0.15, 0.2) is 0 Å². The van der Waals surface area contributed by atoms with Crippen LogP contribution in [0.2, 0.25) is 0 Å². The Morgan fingerprint density at radius 1 is 1.44 bits per heavy atom. The Balaban J connectivity index is 2.30. The molecule has 0 spiro atoms. The van der Waals surface area contributed by atoms with E-state index in [1.807, 2.05) is 0 Å². The van der Waals surface area contributed by atoms with Crippen molar-refractivity contribution in [2.24, 2.45) is 11.7 Å². The molecule has 1 rings (SSSR count). The molecule has 0 saturated carbocycles.